The lowest BCUT2D eigenvalue weighted by Crippen LogP contribution is -2.21. The highest BCUT2D eigenvalue weighted by Gasteiger charge is 2.24. The molecule has 3 nitrogen and oxygen atoms in total. The molecule has 2 aromatic rings. The fraction of sp³-hybridized carbons (Fsp3) is 0.188. The molecule has 0 radical (unpaired) electrons. The van der Waals surface area contributed by atoms with Gasteiger partial charge in [-0.15, -0.1) is 0 Å². The molecule has 0 bridgehead atoms. The second kappa shape index (κ2) is 3.85. The lowest BCUT2D eigenvalue weighted by Gasteiger charge is -2.11. The van der Waals surface area contributed by atoms with Gasteiger partial charge in [0, 0.05) is 6.54 Å². The van der Waals surface area contributed by atoms with Crippen molar-refractivity contribution in [3.8, 4) is 11.1 Å². The van der Waals surface area contributed by atoms with E-state index in [4.69, 9.17) is 0 Å². The van der Waals surface area contributed by atoms with Gasteiger partial charge < -0.3 is 10.6 Å². The van der Waals surface area contributed by atoms with Crippen LogP contribution in [0.1, 0.15) is 22.7 Å². The summed E-state index contributed by atoms with van der Waals surface area (Å²) in [5.41, 5.74) is 6.61. The topological polar surface area (TPSA) is 41.1 Å². The molecule has 2 aliphatic rings. The van der Waals surface area contributed by atoms with E-state index in [1.165, 1.54) is 27.8 Å². The zero-order valence-corrected chi connectivity index (χ0v) is 10.4. The first-order valence-electron chi connectivity index (χ1n) is 6.57. The summed E-state index contributed by atoms with van der Waals surface area (Å²) in [7, 11) is 0. The number of fused-ring (bicyclic) bond motifs is 3. The van der Waals surface area contributed by atoms with Gasteiger partial charge in [-0.05, 0) is 34.2 Å². The normalized spacial score (nSPS) is 19.6. The molecule has 19 heavy (non-hydrogen) atoms. The van der Waals surface area contributed by atoms with Crippen molar-refractivity contribution >= 4 is 6.03 Å². The summed E-state index contributed by atoms with van der Waals surface area (Å²) in [6, 6.07) is 15.1. The van der Waals surface area contributed by atoms with E-state index < -0.39 is 0 Å². The van der Waals surface area contributed by atoms with Crippen LogP contribution in [-0.2, 0) is 6.42 Å². The molecule has 0 saturated carbocycles. The van der Waals surface area contributed by atoms with E-state index in [9.17, 15) is 4.79 Å². The van der Waals surface area contributed by atoms with Gasteiger partial charge in [0.25, 0.3) is 0 Å². The Balaban J connectivity index is 1.73. The first-order valence-corrected chi connectivity index (χ1v) is 6.57. The van der Waals surface area contributed by atoms with E-state index in [0.717, 1.165) is 6.42 Å². The van der Waals surface area contributed by atoms with Crippen molar-refractivity contribution in [1.29, 1.82) is 0 Å². The van der Waals surface area contributed by atoms with Crippen molar-refractivity contribution in [2.45, 2.75) is 12.5 Å². The van der Waals surface area contributed by atoms with E-state index in [1.807, 2.05) is 0 Å². The summed E-state index contributed by atoms with van der Waals surface area (Å²) < 4.78 is 0. The third-order valence-corrected chi connectivity index (χ3v) is 3.99. The zero-order chi connectivity index (χ0) is 12.8. The maximum Gasteiger partial charge on any atom is 0.315 e. The second-order valence-corrected chi connectivity index (χ2v) is 5.16. The first-order chi connectivity index (χ1) is 9.31. The number of hydrogen-bond acceptors (Lipinski definition) is 1. The SMILES string of the molecule is O=C1NC[C@@H](c2ccc3c(c2)Cc2ccccc2-3)N1. The summed E-state index contributed by atoms with van der Waals surface area (Å²) >= 11 is 0. The van der Waals surface area contributed by atoms with Gasteiger partial charge in [0.2, 0.25) is 0 Å². The van der Waals surface area contributed by atoms with Crippen LogP contribution in [-0.4, -0.2) is 12.6 Å². The molecule has 2 amide bonds. The number of urea groups is 1. The van der Waals surface area contributed by atoms with Crippen LogP contribution in [0.15, 0.2) is 42.5 Å². The minimum Gasteiger partial charge on any atom is -0.336 e. The average Bonchev–Trinajstić information content (AvgIpc) is 3.01. The van der Waals surface area contributed by atoms with Crippen LogP contribution in [0.3, 0.4) is 0 Å². The van der Waals surface area contributed by atoms with Crippen molar-refractivity contribution in [1.82, 2.24) is 10.6 Å². The molecule has 1 fully saturated rings. The summed E-state index contributed by atoms with van der Waals surface area (Å²) in [5.74, 6) is 0. The highest BCUT2D eigenvalue weighted by molar-refractivity contribution is 5.78. The minimum absolute atomic E-state index is 0.0752. The van der Waals surface area contributed by atoms with Gasteiger partial charge in [-0.3, -0.25) is 0 Å². The first kappa shape index (κ1) is 10.6. The Hall–Kier alpha value is -2.29. The van der Waals surface area contributed by atoms with Gasteiger partial charge >= 0.3 is 6.03 Å². The molecule has 0 spiro atoms. The standard InChI is InChI=1S/C16H14N2O/c19-16-17-9-15(18-16)11-5-6-14-12(8-11)7-10-3-1-2-4-13(10)14/h1-6,8,15H,7,9H2,(H2,17,18,19)/t15-/m0/s1. The van der Waals surface area contributed by atoms with E-state index in [2.05, 4.69) is 53.1 Å². The predicted molar refractivity (Wildman–Crippen MR) is 74.0 cm³/mol. The quantitative estimate of drug-likeness (QED) is 0.685. The maximum absolute atomic E-state index is 11.2. The monoisotopic (exact) mass is 250 g/mol. The van der Waals surface area contributed by atoms with Crippen LogP contribution >= 0.6 is 0 Å². The molecule has 1 aliphatic heterocycles. The highest BCUT2D eigenvalue weighted by atomic mass is 16.2. The van der Waals surface area contributed by atoms with Crippen LogP contribution < -0.4 is 10.6 Å². The number of amides is 2. The van der Waals surface area contributed by atoms with Crippen molar-refractivity contribution in [3.05, 3.63) is 59.2 Å². The van der Waals surface area contributed by atoms with Crippen molar-refractivity contribution in [2.24, 2.45) is 0 Å². The zero-order valence-electron chi connectivity index (χ0n) is 10.4. The van der Waals surface area contributed by atoms with E-state index in [0.29, 0.717) is 6.54 Å². The summed E-state index contributed by atoms with van der Waals surface area (Å²) in [6.07, 6.45) is 0.993. The summed E-state index contributed by atoms with van der Waals surface area (Å²) in [6.45, 7) is 0.671. The largest absolute Gasteiger partial charge is 0.336 e. The molecule has 94 valence electrons. The smallest absolute Gasteiger partial charge is 0.315 e. The van der Waals surface area contributed by atoms with Crippen LogP contribution in [0, 0.1) is 0 Å². The van der Waals surface area contributed by atoms with Crippen LogP contribution in [0.4, 0.5) is 4.79 Å². The van der Waals surface area contributed by atoms with Crippen molar-refractivity contribution in [3.63, 3.8) is 0 Å². The number of benzene rings is 2. The third-order valence-electron chi connectivity index (χ3n) is 3.99. The average molecular weight is 250 g/mol. The van der Waals surface area contributed by atoms with Gasteiger partial charge in [0.05, 0.1) is 6.04 Å². The summed E-state index contributed by atoms with van der Waals surface area (Å²) in [5, 5.41) is 5.74. The molecular formula is C16H14N2O. The van der Waals surface area contributed by atoms with E-state index in [1.54, 1.807) is 0 Å². The molecule has 1 aliphatic carbocycles. The van der Waals surface area contributed by atoms with Crippen LogP contribution in [0.5, 0.6) is 0 Å². The Morgan fingerprint density at radius 2 is 1.84 bits per heavy atom. The summed E-state index contributed by atoms with van der Waals surface area (Å²) in [4.78, 5) is 11.2. The Labute approximate surface area is 111 Å². The van der Waals surface area contributed by atoms with Gasteiger partial charge in [-0.2, -0.15) is 0 Å². The highest BCUT2D eigenvalue weighted by Crippen LogP contribution is 2.37. The number of hydrogen-bond donors (Lipinski definition) is 2. The molecule has 3 heteroatoms. The molecule has 4 rings (SSSR count). The molecule has 2 N–H and O–H groups in total. The van der Waals surface area contributed by atoms with Gasteiger partial charge in [-0.25, -0.2) is 4.79 Å². The molecule has 0 unspecified atom stereocenters. The molecular weight excluding hydrogens is 236 g/mol. The second-order valence-electron chi connectivity index (χ2n) is 5.16. The minimum atomic E-state index is -0.0752. The lowest BCUT2D eigenvalue weighted by atomic mass is 10.00. The maximum atomic E-state index is 11.2. The Kier molecular flexibility index (Phi) is 2.15. The van der Waals surface area contributed by atoms with Crippen LogP contribution in [0.2, 0.25) is 0 Å². The van der Waals surface area contributed by atoms with Gasteiger partial charge in [0.15, 0.2) is 0 Å². The number of rotatable bonds is 1. The Bertz CT molecular complexity index is 678. The molecule has 1 atom stereocenters. The van der Waals surface area contributed by atoms with Crippen LogP contribution in [0.25, 0.3) is 11.1 Å². The van der Waals surface area contributed by atoms with Crippen molar-refractivity contribution in [2.75, 3.05) is 6.54 Å². The molecule has 1 saturated heterocycles. The van der Waals surface area contributed by atoms with E-state index >= 15 is 0 Å². The Morgan fingerprint density at radius 1 is 1.00 bits per heavy atom. The molecule has 1 heterocycles. The fourth-order valence-electron chi connectivity index (χ4n) is 3.04. The molecule has 2 aromatic carbocycles. The van der Waals surface area contributed by atoms with Gasteiger partial charge in [0.1, 0.15) is 0 Å². The number of carbonyl (C=O) groups excluding carboxylic acids is 1. The van der Waals surface area contributed by atoms with Crippen molar-refractivity contribution < 1.29 is 4.79 Å². The number of carbonyl (C=O) groups is 1. The number of nitrogens with one attached hydrogen (secondary N) is 2. The van der Waals surface area contributed by atoms with Gasteiger partial charge in [-0.1, -0.05) is 42.5 Å². The lowest BCUT2D eigenvalue weighted by molar-refractivity contribution is 0.247. The Morgan fingerprint density at radius 3 is 2.68 bits per heavy atom. The predicted octanol–water partition coefficient (Wildman–Crippen LogP) is 2.61. The fourth-order valence-corrected chi connectivity index (χ4v) is 3.04. The third kappa shape index (κ3) is 1.62. The van der Waals surface area contributed by atoms with E-state index in [-0.39, 0.29) is 12.1 Å². The molecule has 0 aromatic heterocycles.